The SMILES string of the molecule is [CH2]CN1CCN(c2cccc3ccccc23)CC1. The zero-order valence-corrected chi connectivity index (χ0v) is 10.7. The molecule has 0 saturated carbocycles. The van der Waals surface area contributed by atoms with Gasteiger partial charge in [0.25, 0.3) is 0 Å². The summed E-state index contributed by atoms with van der Waals surface area (Å²) < 4.78 is 0. The maximum Gasteiger partial charge on any atom is 0.0446 e. The first-order valence-electron chi connectivity index (χ1n) is 6.63. The summed E-state index contributed by atoms with van der Waals surface area (Å²) in [6.45, 7) is 9.32. The molecule has 2 aromatic rings. The topological polar surface area (TPSA) is 6.48 Å². The molecule has 2 heteroatoms. The molecule has 1 saturated heterocycles. The van der Waals surface area contributed by atoms with Crippen molar-refractivity contribution < 1.29 is 0 Å². The van der Waals surface area contributed by atoms with Crippen LogP contribution in [0.1, 0.15) is 0 Å². The number of rotatable bonds is 2. The third kappa shape index (κ3) is 2.08. The first kappa shape index (κ1) is 11.5. The Hall–Kier alpha value is -1.54. The normalized spacial score (nSPS) is 17.3. The highest BCUT2D eigenvalue weighted by Crippen LogP contribution is 2.27. The molecule has 0 aliphatic carbocycles. The summed E-state index contributed by atoms with van der Waals surface area (Å²) >= 11 is 0. The number of piperazine rings is 1. The van der Waals surface area contributed by atoms with E-state index in [4.69, 9.17) is 0 Å². The van der Waals surface area contributed by atoms with Crippen LogP contribution in [0.15, 0.2) is 42.5 Å². The average molecular weight is 239 g/mol. The first-order chi connectivity index (χ1) is 8.88. The van der Waals surface area contributed by atoms with Crippen LogP contribution < -0.4 is 4.90 Å². The van der Waals surface area contributed by atoms with Crippen LogP contribution in [0.2, 0.25) is 0 Å². The number of nitrogens with zero attached hydrogens (tertiary/aromatic N) is 2. The van der Waals surface area contributed by atoms with Crippen molar-refractivity contribution in [3.63, 3.8) is 0 Å². The number of hydrogen-bond acceptors (Lipinski definition) is 2. The van der Waals surface area contributed by atoms with Crippen molar-refractivity contribution in [1.29, 1.82) is 0 Å². The molecule has 1 heterocycles. The third-order valence-electron chi connectivity index (χ3n) is 3.80. The summed E-state index contributed by atoms with van der Waals surface area (Å²) in [4.78, 5) is 4.90. The van der Waals surface area contributed by atoms with E-state index >= 15 is 0 Å². The van der Waals surface area contributed by atoms with Crippen molar-refractivity contribution in [2.75, 3.05) is 37.6 Å². The Labute approximate surface area is 109 Å². The van der Waals surface area contributed by atoms with Crippen LogP contribution in [0.3, 0.4) is 0 Å². The van der Waals surface area contributed by atoms with E-state index in [1.54, 1.807) is 0 Å². The van der Waals surface area contributed by atoms with Crippen LogP contribution in [0.5, 0.6) is 0 Å². The Morgan fingerprint density at radius 2 is 1.61 bits per heavy atom. The van der Waals surface area contributed by atoms with Crippen molar-refractivity contribution in [3.8, 4) is 0 Å². The molecule has 0 spiro atoms. The summed E-state index contributed by atoms with van der Waals surface area (Å²) in [6.07, 6.45) is 0. The number of hydrogen-bond donors (Lipinski definition) is 0. The molecule has 2 nitrogen and oxygen atoms in total. The van der Waals surface area contributed by atoms with Gasteiger partial charge < -0.3 is 4.90 Å². The van der Waals surface area contributed by atoms with Gasteiger partial charge in [-0.2, -0.15) is 0 Å². The quantitative estimate of drug-likeness (QED) is 0.795. The Kier molecular flexibility index (Phi) is 3.20. The second-order valence-electron chi connectivity index (χ2n) is 4.83. The maximum atomic E-state index is 3.96. The molecule has 18 heavy (non-hydrogen) atoms. The molecule has 0 atom stereocenters. The fraction of sp³-hybridized carbons (Fsp3) is 0.312. The Morgan fingerprint density at radius 1 is 0.889 bits per heavy atom. The lowest BCUT2D eigenvalue weighted by Gasteiger charge is -2.36. The zero-order valence-electron chi connectivity index (χ0n) is 10.7. The van der Waals surface area contributed by atoms with E-state index in [2.05, 4.69) is 59.2 Å². The lowest BCUT2D eigenvalue weighted by molar-refractivity contribution is 0.283. The van der Waals surface area contributed by atoms with E-state index in [1.165, 1.54) is 16.5 Å². The Balaban J connectivity index is 1.91. The molecular weight excluding hydrogens is 220 g/mol. The van der Waals surface area contributed by atoms with Crippen molar-refractivity contribution in [3.05, 3.63) is 49.4 Å². The van der Waals surface area contributed by atoms with Crippen LogP contribution in [0.25, 0.3) is 10.8 Å². The van der Waals surface area contributed by atoms with E-state index in [-0.39, 0.29) is 0 Å². The van der Waals surface area contributed by atoms with Gasteiger partial charge in [0.15, 0.2) is 0 Å². The van der Waals surface area contributed by atoms with Gasteiger partial charge in [-0.15, -0.1) is 0 Å². The molecule has 3 rings (SSSR count). The Bertz CT molecular complexity index is 522. The van der Waals surface area contributed by atoms with E-state index in [9.17, 15) is 0 Å². The van der Waals surface area contributed by atoms with Crippen LogP contribution in [0.4, 0.5) is 5.69 Å². The molecule has 0 bridgehead atoms. The molecule has 93 valence electrons. The van der Waals surface area contributed by atoms with Crippen LogP contribution in [-0.2, 0) is 0 Å². The summed E-state index contributed by atoms with van der Waals surface area (Å²) in [6, 6.07) is 15.2. The smallest absolute Gasteiger partial charge is 0.0446 e. The second kappa shape index (κ2) is 4.99. The minimum atomic E-state index is 0.920. The highest BCUT2D eigenvalue weighted by Gasteiger charge is 2.16. The fourth-order valence-electron chi connectivity index (χ4n) is 2.70. The molecule has 1 aliphatic heterocycles. The van der Waals surface area contributed by atoms with Crippen molar-refractivity contribution in [2.24, 2.45) is 0 Å². The molecular formula is C16H19N2. The van der Waals surface area contributed by atoms with Gasteiger partial charge in [-0.05, 0) is 24.9 Å². The second-order valence-corrected chi connectivity index (χ2v) is 4.83. The highest BCUT2D eigenvalue weighted by atomic mass is 15.3. The molecule has 0 N–H and O–H groups in total. The predicted octanol–water partition coefficient (Wildman–Crippen LogP) is 2.80. The standard InChI is InChI=1S/C16H19N2/c1-2-17-10-12-18(13-11-17)16-9-5-7-14-6-3-4-8-15(14)16/h3-9H,1-2,10-13H2. The largest absolute Gasteiger partial charge is 0.368 e. The highest BCUT2D eigenvalue weighted by molar-refractivity contribution is 5.94. The zero-order chi connectivity index (χ0) is 12.4. The predicted molar refractivity (Wildman–Crippen MR) is 78.0 cm³/mol. The molecule has 0 amide bonds. The van der Waals surface area contributed by atoms with Gasteiger partial charge >= 0.3 is 0 Å². The van der Waals surface area contributed by atoms with Crippen molar-refractivity contribution in [2.45, 2.75) is 0 Å². The van der Waals surface area contributed by atoms with Gasteiger partial charge in [-0.25, -0.2) is 0 Å². The lowest BCUT2D eigenvalue weighted by atomic mass is 10.1. The lowest BCUT2D eigenvalue weighted by Crippen LogP contribution is -2.46. The minimum absolute atomic E-state index is 0.920. The molecule has 1 fully saturated rings. The molecule has 0 unspecified atom stereocenters. The summed E-state index contributed by atoms with van der Waals surface area (Å²) in [5.74, 6) is 0. The average Bonchev–Trinajstić information content (AvgIpc) is 2.47. The number of fused-ring (bicyclic) bond motifs is 1. The van der Waals surface area contributed by atoms with Gasteiger partial charge in [-0.3, -0.25) is 4.90 Å². The van der Waals surface area contributed by atoms with Gasteiger partial charge in [-0.1, -0.05) is 36.4 Å². The number of benzene rings is 2. The van der Waals surface area contributed by atoms with Gasteiger partial charge in [0, 0.05) is 37.3 Å². The first-order valence-corrected chi connectivity index (χ1v) is 6.63. The summed E-state index contributed by atoms with van der Waals surface area (Å²) in [7, 11) is 0. The van der Waals surface area contributed by atoms with E-state index in [1.807, 2.05) is 0 Å². The summed E-state index contributed by atoms with van der Waals surface area (Å²) in [5, 5.41) is 2.69. The van der Waals surface area contributed by atoms with Gasteiger partial charge in [0.2, 0.25) is 0 Å². The number of anilines is 1. The molecule has 1 aliphatic rings. The Morgan fingerprint density at radius 3 is 2.39 bits per heavy atom. The van der Waals surface area contributed by atoms with E-state index < -0.39 is 0 Å². The summed E-state index contributed by atoms with van der Waals surface area (Å²) in [5.41, 5.74) is 1.37. The van der Waals surface area contributed by atoms with Crippen LogP contribution >= 0.6 is 0 Å². The van der Waals surface area contributed by atoms with Gasteiger partial charge in [0.05, 0.1) is 0 Å². The molecule has 0 aromatic heterocycles. The molecule has 1 radical (unpaired) electrons. The van der Waals surface area contributed by atoms with Crippen LogP contribution in [0, 0.1) is 6.92 Å². The van der Waals surface area contributed by atoms with E-state index in [0.29, 0.717) is 0 Å². The monoisotopic (exact) mass is 239 g/mol. The third-order valence-corrected chi connectivity index (χ3v) is 3.80. The van der Waals surface area contributed by atoms with Crippen LogP contribution in [-0.4, -0.2) is 37.6 Å². The maximum absolute atomic E-state index is 3.96. The van der Waals surface area contributed by atoms with Gasteiger partial charge in [0.1, 0.15) is 0 Å². The fourth-order valence-corrected chi connectivity index (χ4v) is 2.70. The van der Waals surface area contributed by atoms with E-state index in [0.717, 1.165) is 32.7 Å². The molecule has 2 aromatic carbocycles. The van der Waals surface area contributed by atoms with Crippen molar-refractivity contribution in [1.82, 2.24) is 4.90 Å². The van der Waals surface area contributed by atoms with Crippen molar-refractivity contribution >= 4 is 16.5 Å². The minimum Gasteiger partial charge on any atom is -0.368 e.